The average molecular weight is 389 g/mol. The van der Waals surface area contributed by atoms with Crippen LogP contribution in [0.1, 0.15) is 46.4 Å². The van der Waals surface area contributed by atoms with Crippen molar-refractivity contribution in [3.63, 3.8) is 0 Å². The molecule has 1 amide bonds. The Hall–Kier alpha value is -3.22. The Labute approximate surface area is 168 Å². The van der Waals surface area contributed by atoms with E-state index in [1.165, 1.54) is 0 Å². The van der Waals surface area contributed by atoms with E-state index < -0.39 is 0 Å². The number of rotatable bonds is 2. The van der Waals surface area contributed by atoms with Crippen molar-refractivity contribution in [2.45, 2.75) is 32.6 Å². The summed E-state index contributed by atoms with van der Waals surface area (Å²) < 4.78 is 7.70. The van der Waals surface area contributed by atoms with Crippen LogP contribution in [0.15, 0.2) is 34.7 Å². The number of aryl methyl sites for hydroxylation is 3. The molecule has 0 saturated carbocycles. The van der Waals surface area contributed by atoms with Gasteiger partial charge >= 0.3 is 0 Å². The van der Waals surface area contributed by atoms with Crippen LogP contribution in [0.25, 0.3) is 22.1 Å². The van der Waals surface area contributed by atoms with Crippen LogP contribution in [0.3, 0.4) is 0 Å². The summed E-state index contributed by atoms with van der Waals surface area (Å²) in [7, 11) is 1.88. The van der Waals surface area contributed by atoms with Crippen molar-refractivity contribution in [2.24, 2.45) is 7.05 Å². The number of piperidine rings is 1. The molecular weight excluding hydrogens is 366 g/mol. The number of pyridine rings is 1. The molecule has 1 saturated heterocycles. The van der Waals surface area contributed by atoms with Crippen LogP contribution < -0.4 is 0 Å². The minimum absolute atomic E-state index is 0.0381. The molecule has 0 atom stereocenters. The maximum Gasteiger partial charge on any atom is 0.255 e. The SMILES string of the molecule is Cc1nc2c(cc1C(=O)N1CCC(c3nc4ccccc4o3)CC1)c(C)nn2C. The molecule has 0 aliphatic carbocycles. The van der Waals surface area contributed by atoms with Gasteiger partial charge in [-0.15, -0.1) is 0 Å². The fraction of sp³-hybridized carbons (Fsp3) is 0.364. The van der Waals surface area contributed by atoms with Crippen molar-refractivity contribution in [1.82, 2.24) is 24.6 Å². The van der Waals surface area contributed by atoms with Crippen LogP contribution >= 0.6 is 0 Å². The third kappa shape index (κ3) is 2.97. The third-order valence-electron chi connectivity index (χ3n) is 5.86. The summed E-state index contributed by atoms with van der Waals surface area (Å²) in [5, 5.41) is 5.35. The van der Waals surface area contributed by atoms with E-state index in [1.54, 1.807) is 4.68 Å². The molecule has 4 aromatic rings. The van der Waals surface area contributed by atoms with Crippen molar-refractivity contribution in [3.05, 3.63) is 53.2 Å². The summed E-state index contributed by atoms with van der Waals surface area (Å²) in [5.74, 6) is 1.06. The van der Waals surface area contributed by atoms with Gasteiger partial charge in [0.2, 0.25) is 0 Å². The van der Waals surface area contributed by atoms with Crippen LogP contribution in [-0.2, 0) is 7.05 Å². The molecule has 148 valence electrons. The van der Waals surface area contributed by atoms with Gasteiger partial charge in [-0.05, 0) is 44.9 Å². The molecule has 0 N–H and O–H groups in total. The van der Waals surface area contributed by atoms with Gasteiger partial charge in [0.1, 0.15) is 5.52 Å². The Balaban J connectivity index is 1.35. The van der Waals surface area contributed by atoms with Crippen LogP contribution in [0.4, 0.5) is 0 Å². The third-order valence-corrected chi connectivity index (χ3v) is 5.86. The predicted molar refractivity (Wildman–Crippen MR) is 110 cm³/mol. The summed E-state index contributed by atoms with van der Waals surface area (Å²) >= 11 is 0. The smallest absolute Gasteiger partial charge is 0.255 e. The van der Waals surface area contributed by atoms with E-state index in [0.717, 1.165) is 52.3 Å². The number of para-hydroxylation sites is 2. The highest BCUT2D eigenvalue weighted by Crippen LogP contribution is 2.31. The van der Waals surface area contributed by atoms with Crippen molar-refractivity contribution in [1.29, 1.82) is 0 Å². The summed E-state index contributed by atoms with van der Waals surface area (Å²) in [5.41, 5.74) is 4.82. The van der Waals surface area contributed by atoms with Gasteiger partial charge < -0.3 is 9.32 Å². The highest BCUT2D eigenvalue weighted by atomic mass is 16.3. The Morgan fingerprint density at radius 2 is 1.86 bits per heavy atom. The molecule has 4 heterocycles. The van der Waals surface area contributed by atoms with Crippen molar-refractivity contribution >= 4 is 28.0 Å². The quantitative estimate of drug-likeness (QED) is 0.522. The van der Waals surface area contributed by atoms with Crippen LogP contribution in [0.2, 0.25) is 0 Å². The number of hydrogen-bond acceptors (Lipinski definition) is 5. The summed E-state index contributed by atoms with van der Waals surface area (Å²) in [6.45, 7) is 5.21. The Morgan fingerprint density at radius 1 is 1.10 bits per heavy atom. The van der Waals surface area contributed by atoms with Gasteiger partial charge in [-0.25, -0.2) is 9.97 Å². The second-order valence-electron chi connectivity index (χ2n) is 7.79. The first-order valence-corrected chi connectivity index (χ1v) is 9.97. The number of carbonyl (C=O) groups is 1. The lowest BCUT2D eigenvalue weighted by Crippen LogP contribution is -2.38. The summed E-state index contributed by atoms with van der Waals surface area (Å²) in [6, 6.07) is 9.77. The molecule has 1 aliphatic heterocycles. The van der Waals surface area contributed by atoms with E-state index in [9.17, 15) is 4.79 Å². The first-order valence-electron chi connectivity index (χ1n) is 9.97. The molecule has 29 heavy (non-hydrogen) atoms. The molecule has 7 heteroatoms. The summed E-state index contributed by atoms with van der Waals surface area (Å²) in [6.07, 6.45) is 1.69. The lowest BCUT2D eigenvalue weighted by atomic mass is 9.96. The van der Waals surface area contributed by atoms with E-state index in [0.29, 0.717) is 18.7 Å². The van der Waals surface area contributed by atoms with E-state index in [4.69, 9.17) is 4.42 Å². The fourth-order valence-corrected chi connectivity index (χ4v) is 4.21. The zero-order chi connectivity index (χ0) is 20.1. The minimum atomic E-state index is 0.0381. The minimum Gasteiger partial charge on any atom is -0.440 e. The molecular formula is C22H23N5O2. The molecule has 3 aromatic heterocycles. The predicted octanol–water partition coefficient (Wildman–Crippen LogP) is 3.75. The number of benzene rings is 1. The molecule has 1 fully saturated rings. The van der Waals surface area contributed by atoms with Gasteiger partial charge in [-0.1, -0.05) is 12.1 Å². The monoisotopic (exact) mass is 389 g/mol. The maximum absolute atomic E-state index is 13.2. The summed E-state index contributed by atoms with van der Waals surface area (Å²) in [4.78, 5) is 24.4. The first-order chi connectivity index (χ1) is 14.0. The van der Waals surface area contributed by atoms with E-state index in [2.05, 4.69) is 15.1 Å². The molecule has 0 bridgehead atoms. The fourth-order valence-electron chi connectivity index (χ4n) is 4.21. The number of amides is 1. The standard InChI is InChI=1S/C22H23N5O2/c1-13-17(12-16-14(2)25-26(3)20(16)23-13)22(28)27-10-8-15(9-11-27)21-24-18-6-4-5-7-19(18)29-21/h4-7,12,15H,8-11H2,1-3H3. The number of oxazole rings is 1. The Bertz CT molecular complexity index is 1200. The highest BCUT2D eigenvalue weighted by Gasteiger charge is 2.28. The van der Waals surface area contributed by atoms with E-state index in [-0.39, 0.29) is 11.8 Å². The number of likely N-dealkylation sites (tertiary alicyclic amines) is 1. The van der Waals surface area contributed by atoms with Crippen LogP contribution in [0.5, 0.6) is 0 Å². The van der Waals surface area contributed by atoms with Crippen molar-refractivity contribution in [3.8, 4) is 0 Å². The van der Waals surface area contributed by atoms with Gasteiger partial charge in [0, 0.05) is 31.4 Å². The number of aromatic nitrogens is 4. The molecule has 1 aliphatic rings. The molecule has 1 aromatic carbocycles. The maximum atomic E-state index is 13.2. The van der Waals surface area contributed by atoms with E-state index in [1.807, 2.05) is 56.1 Å². The second kappa shape index (κ2) is 6.69. The zero-order valence-corrected chi connectivity index (χ0v) is 16.8. The van der Waals surface area contributed by atoms with Gasteiger partial charge in [0.05, 0.1) is 17.0 Å². The van der Waals surface area contributed by atoms with Gasteiger partial charge in [0.15, 0.2) is 17.1 Å². The highest BCUT2D eigenvalue weighted by molar-refractivity contribution is 5.98. The van der Waals surface area contributed by atoms with Gasteiger partial charge in [-0.3, -0.25) is 9.48 Å². The van der Waals surface area contributed by atoms with Gasteiger partial charge in [0.25, 0.3) is 5.91 Å². The van der Waals surface area contributed by atoms with Gasteiger partial charge in [-0.2, -0.15) is 5.10 Å². The molecule has 7 nitrogen and oxygen atoms in total. The Kier molecular flexibility index (Phi) is 4.12. The van der Waals surface area contributed by atoms with Crippen molar-refractivity contribution < 1.29 is 9.21 Å². The van der Waals surface area contributed by atoms with Crippen molar-refractivity contribution in [2.75, 3.05) is 13.1 Å². The van der Waals surface area contributed by atoms with Crippen LogP contribution in [-0.4, -0.2) is 43.6 Å². The van der Waals surface area contributed by atoms with Crippen LogP contribution in [0, 0.1) is 13.8 Å². The lowest BCUT2D eigenvalue weighted by molar-refractivity contribution is 0.0705. The Morgan fingerprint density at radius 3 is 2.62 bits per heavy atom. The zero-order valence-electron chi connectivity index (χ0n) is 16.8. The molecule has 0 unspecified atom stereocenters. The molecule has 0 radical (unpaired) electrons. The lowest BCUT2D eigenvalue weighted by Gasteiger charge is -2.31. The normalized spacial score (nSPS) is 15.5. The average Bonchev–Trinajstić information content (AvgIpc) is 3.28. The van der Waals surface area contributed by atoms with E-state index >= 15 is 0 Å². The topological polar surface area (TPSA) is 77.1 Å². The largest absolute Gasteiger partial charge is 0.440 e. The number of nitrogens with zero attached hydrogens (tertiary/aromatic N) is 5. The molecule has 0 spiro atoms. The molecule has 5 rings (SSSR count). The number of fused-ring (bicyclic) bond motifs is 2. The first kappa shape index (κ1) is 17.8. The second-order valence-corrected chi connectivity index (χ2v) is 7.79. The number of carbonyl (C=O) groups excluding carboxylic acids is 1. The number of hydrogen-bond donors (Lipinski definition) is 0.